The normalized spacial score (nSPS) is 10.2. The Morgan fingerprint density at radius 1 is 1.00 bits per heavy atom. The Hall–Kier alpha value is -2.81. The molecule has 2 aromatic rings. The molecule has 0 saturated carbocycles. The van der Waals surface area contributed by atoms with Gasteiger partial charge < -0.3 is 16.0 Å². The van der Waals surface area contributed by atoms with Gasteiger partial charge in [0.2, 0.25) is 11.8 Å². The van der Waals surface area contributed by atoms with Crippen molar-refractivity contribution in [3.8, 4) is 0 Å². The Morgan fingerprint density at radius 3 is 2.48 bits per heavy atom. The van der Waals surface area contributed by atoms with Gasteiger partial charge in [0.15, 0.2) is 11.6 Å². The van der Waals surface area contributed by atoms with Crippen LogP contribution < -0.4 is 16.0 Å². The number of thiophene rings is 1. The summed E-state index contributed by atoms with van der Waals surface area (Å²) < 4.78 is 25.8. The molecule has 0 aliphatic rings. The molecule has 2 rings (SSSR count). The minimum Gasteiger partial charge on any atom is -0.351 e. The summed E-state index contributed by atoms with van der Waals surface area (Å²) in [7, 11) is 0. The van der Waals surface area contributed by atoms with Crippen LogP contribution in [0.15, 0.2) is 35.0 Å². The maximum atomic E-state index is 13.0. The lowest BCUT2D eigenvalue weighted by molar-refractivity contribution is -0.124. The molecular formula is C16H15F2N3O3S. The van der Waals surface area contributed by atoms with Gasteiger partial charge in [0, 0.05) is 35.7 Å². The van der Waals surface area contributed by atoms with Crippen LogP contribution >= 0.6 is 11.3 Å². The molecule has 0 fully saturated rings. The zero-order valence-electron chi connectivity index (χ0n) is 13.0. The number of carbonyl (C=O) groups excluding carboxylic acids is 3. The SMILES string of the molecule is O=C(CCNC(=O)c1ccsc1)NCC(=O)Nc1ccc(F)c(F)c1. The fraction of sp³-hybridized carbons (Fsp3) is 0.188. The summed E-state index contributed by atoms with van der Waals surface area (Å²) in [4.78, 5) is 34.9. The highest BCUT2D eigenvalue weighted by molar-refractivity contribution is 7.08. The van der Waals surface area contributed by atoms with Crippen LogP contribution in [0.3, 0.4) is 0 Å². The summed E-state index contributed by atoms with van der Waals surface area (Å²) in [5.74, 6) is -3.38. The number of carbonyl (C=O) groups is 3. The highest BCUT2D eigenvalue weighted by atomic mass is 32.1. The Labute approximate surface area is 146 Å². The molecule has 3 amide bonds. The van der Waals surface area contributed by atoms with Gasteiger partial charge in [-0.2, -0.15) is 11.3 Å². The Morgan fingerprint density at radius 2 is 1.80 bits per heavy atom. The van der Waals surface area contributed by atoms with Gasteiger partial charge in [0.1, 0.15) is 0 Å². The van der Waals surface area contributed by atoms with Crippen LogP contribution in [0.25, 0.3) is 0 Å². The van der Waals surface area contributed by atoms with E-state index in [0.29, 0.717) is 5.56 Å². The first-order valence-corrected chi connectivity index (χ1v) is 8.22. The van der Waals surface area contributed by atoms with Crippen molar-refractivity contribution in [2.24, 2.45) is 0 Å². The van der Waals surface area contributed by atoms with Crippen molar-refractivity contribution < 1.29 is 23.2 Å². The second kappa shape index (κ2) is 8.88. The minimum absolute atomic E-state index is 0.00827. The lowest BCUT2D eigenvalue weighted by Gasteiger charge is -2.08. The molecule has 0 aliphatic carbocycles. The summed E-state index contributed by atoms with van der Waals surface area (Å²) in [6, 6.07) is 4.61. The zero-order valence-corrected chi connectivity index (χ0v) is 13.8. The van der Waals surface area contributed by atoms with E-state index in [2.05, 4.69) is 16.0 Å². The van der Waals surface area contributed by atoms with Crippen LogP contribution in [-0.2, 0) is 9.59 Å². The largest absolute Gasteiger partial charge is 0.351 e. The number of benzene rings is 1. The van der Waals surface area contributed by atoms with E-state index in [0.717, 1.165) is 12.1 Å². The number of anilines is 1. The van der Waals surface area contributed by atoms with Crippen molar-refractivity contribution in [3.63, 3.8) is 0 Å². The number of halogens is 2. The lowest BCUT2D eigenvalue weighted by Crippen LogP contribution is -2.35. The average Bonchev–Trinajstić information content (AvgIpc) is 3.11. The number of hydrogen-bond acceptors (Lipinski definition) is 4. The number of amides is 3. The first kappa shape index (κ1) is 18.5. The van der Waals surface area contributed by atoms with Crippen molar-refractivity contribution in [2.45, 2.75) is 6.42 Å². The van der Waals surface area contributed by atoms with E-state index in [9.17, 15) is 23.2 Å². The van der Waals surface area contributed by atoms with Gasteiger partial charge in [-0.3, -0.25) is 14.4 Å². The van der Waals surface area contributed by atoms with Crippen LogP contribution in [-0.4, -0.2) is 30.8 Å². The smallest absolute Gasteiger partial charge is 0.252 e. The molecule has 1 aromatic heterocycles. The van der Waals surface area contributed by atoms with Crippen LogP contribution in [0.4, 0.5) is 14.5 Å². The summed E-state index contributed by atoms with van der Waals surface area (Å²) >= 11 is 1.39. The molecule has 9 heteroatoms. The second-order valence-corrected chi connectivity index (χ2v) is 5.75. The molecule has 0 unspecified atom stereocenters. The topological polar surface area (TPSA) is 87.3 Å². The van der Waals surface area contributed by atoms with E-state index in [1.807, 2.05) is 0 Å². The number of hydrogen-bond donors (Lipinski definition) is 3. The van der Waals surface area contributed by atoms with Crippen molar-refractivity contribution >= 4 is 34.7 Å². The van der Waals surface area contributed by atoms with Gasteiger partial charge in [0.25, 0.3) is 5.91 Å². The van der Waals surface area contributed by atoms with Gasteiger partial charge in [-0.25, -0.2) is 8.78 Å². The van der Waals surface area contributed by atoms with E-state index in [1.165, 1.54) is 17.4 Å². The molecule has 3 N–H and O–H groups in total. The van der Waals surface area contributed by atoms with Gasteiger partial charge in [-0.15, -0.1) is 0 Å². The molecule has 132 valence electrons. The summed E-state index contributed by atoms with van der Waals surface area (Å²) in [5, 5.41) is 10.7. The lowest BCUT2D eigenvalue weighted by atomic mass is 10.3. The summed E-state index contributed by atoms with van der Waals surface area (Å²) in [5.41, 5.74) is 0.609. The Bertz CT molecular complexity index is 766. The van der Waals surface area contributed by atoms with Crippen molar-refractivity contribution in [3.05, 3.63) is 52.2 Å². The van der Waals surface area contributed by atoms with Crippen LogP contribution in [0.1, 0.15) is 16.8 Å². The van der Waals surface area contributed by atoms with E-state index >= 15 is 0 Å². The highest BCUT2D eigenvalue weighted by Gasteiger charge is 2.09. The fourth-order valence-corrected chi connectivity index (χ4v) is 2.47. The summed E-state index contributed by atoms with van der Waals surface area (Å²) in [6.45, 7) is -0.193. The average molecular weight is 367 g/mol. The van der Waals surface area contributed by atoms with E-state index in [-0.39, 0.29) is 31.1 Å². The molecule has 0 atom stereocenters. The minimum atomic E-state index is -1.08. The Kier molecular flexibility index (Phi) is 6.58. The second-order valence-electron chi connectivity index (χ2n) is 4.97. The maximum Gasteiger partial charge on any atom is 0.252 e. The third kappa shape index (κ3) is 5.96. The van der Waals surface area contributed by atoms with E-state index < -0.39 is 23.4 Å². The quantitative estimate of drug-likeness (QED) is 0.699. The summed E-state index contributed by atoms with van der Waals surface area (Å²) in [6.07, 6.45) is 0.00827. The van der Waals surface area contributed by atoms with Gasteiger partial charge in [-0.05, 0) is 23.6 Å². The predicted octanol–water partition coefficient (Wildman–Crippen LogP) is 1.90. The number of rotatable bonds is 7. The third-order valence-electron chi connectivity index (χ3n) is 3.07. The van der Waals surface area contributed by atoms with Gasteiger partial charge in [-0.1, -0.05) is 0 Å². The maximum absolute atomic E-state index is 13.0. The molecule has 6 nitrogen and oxygen atoms in total. The Balaban J connectivity index is 1.66. The predicted molar refractivity (Wildman–Crippen MR) is 89.3 cm³/mol. The molecular weight excluding hydrogens is 352 g/mol. The fourth-order valence-electron chi connectivity index (χ4n) is 1.83. The van der Waals surface area contributed by atoms with Crippen LogP contribution in [0.2, 0.25) is 0 Å². The first-order valence-electron chi connectivity index (χ1n) is 7.27. The number of nitrogens with one attached hydrogen (secondary N) is 3. The standard InChI is InChI=1S/C16H15F2N3O3S/c17-12-2-1-11(7-13(12)18)21-15(23)8-20-14(22)3-5-19-16(24)10-4-6-25-9-10/h1-2,4,6-7,9H,3,5,8H2,(H,19,24)(H,20,22)(H,21,23). The van der Waals surface area contributed by atoms with Gasteiger partial charge in [0.05, 0.1) is 6.54 Å². The molecule has 1 heterocycles. The zero-order chi connectivity index (χ0) is 18.2. The highest BCUT2D eigenvalue weighted by Crippen LogP contribution is 2.12. The molecule has 1 aromatic carbocycles. The van der Waals surface area contributed by atoms with Crippen molar-refractivity contribution in [2.75, 3.05) is 18.4 Å². The van der Waals surface area contributed by atoms with Crippen LogP contribution in [0.5, 0.6) is 0 Å². The molecule has 25 heavy (non-hydrogen) atoms. The van der Waals surface area contributed by atoms with E-state index in [1.54, 1.807) is 16.8 Å². The molecule has 0 aliphatic heterocycles. The van der Waals surface area contributed by atoms with Crippen LogP contribution in [0, 0.1) is 11.6 Å². The monoisotopic (exact) mass is 367 g/mol. The third-order valence-corrected chi connectivity index (χ3v) is 3.75. The molecule has 0 saturated heterocycles. The molecule has 0 bridgehead atoms. The molecule has 0 spiro atoms. The van der Waals surface area contributed by atoms with E-state index in [4.69, 9.17) is 0 Å². The van der Waals surface area contributed by atoms with Gasteiger partial charge >= 0.3 is 0 Å². The first-order chi connectivity index (χ1) is 12.0. The molecule has 0 radical (unpaired) electrons. The van der Waals surface area contributed by atoms with Crippen molar-refractivity contribution in [1.29, 1.82) is 0 Å². The van der Waals surface area contributed by atoms with Crippen molar-refractivity contribution in [1.82, 2.24) is 10.6 Å².